The number of benzene rings is 2. The Morgan fingerprint density at radius 1 is 1.00 bits per heavy atom. The Morgan fingerprint density at radius 2 is 1.69 bits per heavy atom. The Morgan fingerprint density at radius 3 is 2.38 bits per heavy atom. The molecule has 166 valence electrons. The van der Waals surface area contributed by atoms with Gasteiger partial charge >= 0.3 is 5.97 Å². The van der Waals surface area contributed by atoms with Crippen LogP contribution in [0.2, 0.25) is 0 Å². The maximum absolute atomic E-state index is 12.2. The molecule has 2 amide bonds. The lowest BCUT2D eigenvalue weighted by Gasteiger charge is -2.13. The van der Waals surface area contributed by atoms with Crippen LogP contribution in [0.5, 0.6) is 0 Å². The molecular formula is C24H25N3O5. The van der Waals surface area contributed by atoms with Gasteiger partial charge in [0.1, 0.15) is 6.26 Å². The predicted octanol–water partition coefficient (Wildman–Crippen LogP) is 3.11. The average molecular weight is 435 g/mol. The predicted molar refractivity (Wildman–Crippen MR) is 119 cm³/mol. The minimum Gasteiger partial charge on any atom is -0.455 e. The van der Waals surface area contributed by atoms with Gasteiger partial charge in [-0.05, 0) is 44.0 Å². The summed E-state index contributed by atoms with van der Waals surface area (Å²) < 4.78 is 10.3. The maximum Gasteiger partial charge on any atom is 0.312 e. The molecule has 0 bridgehead atoms. The number of carbonyl (C=O) groups is 3. The highest BCUT2D eigenvalue weighted by Crippen LogP contribution is 2.21. The van der Waals surface area contributed by atoms with Crippen LogP contribution in [0.3, 0.4) is 0 Å². The van der Waals surface area contributed by atoms with E-state index in [0.29, 0.717) is 11.6 Å². The Labute approximate surface area is 186 Å². The highest BCUT2D eigenvalue weighted by molar-refractivity contribution is 5.96. The van der Waals surface area contributed by atoms with Gasteiger partial charge in [0, 0.05) is 11.3 Å². The van der Waals surface area contributed by atoms with Gasteiger partial charge in [0.05, 0.1) is 18.7 Å². The number of aromatic nitrogens is 1. The summed E-state index contributed by atoms with van der Waals surface area (Å²) in [6.45, 7) is 5.08. The molecule has 3 aromatic rings. The van der Waals surface area contributed by atoms with Crippen LogP contribution >= 0.6 is 0 Å². The number of hydrogen-bond acceptors (Lipinski definition) is 6. The monoisotopic (exact) mass is 435 g/mol. The lowest BCUT2D eigenvalue weighted by molar-refractivity contribution is -0.148. The summed E-state index contributed by atoms with van der Waals surface area (Å²) in [6.07, 6.45) is 1.25. The molecule has 1 heterocycles. The van der Waals surface area contributed by atoms with Crippen molar-refractivity contribution in [1.29, 1.82) is 0 Å². The number of nitrogens with zero attached hydrogens (tertiary/aromatic N) is 1. The van der Waals surface area contributed by atoms with E-state index in [-0.39, 0.29) is 18.9 Å². The summed E-state index contributed by atoms with van der Waals surface area (Å²) in [5.74, 6) is -1.16. The number of ether oxygens (including phenoxy) is 1. The fraction of sp³-hybridized carbons (Fsp3) is 0.250. The summed E-state index contributed by atoms with van der Waals surface area (Å²) in [5, 5.41) is 5.23. The molecule has 0 unspecified atom stereocenters. The number of carbonyl (C=O) groups excluding carboxylic acids is 3. The summed E-state index contributed by atoms with van der Waals surface area (Å²) in [7, 11) is 0. The molecular weight excluding hydrogens is 410 g/mol. The summed E-state index contributed by atoms with van der Waals surface area (Å²) >= 11 is 0. The molecule has 0 fully saturated rings. The van der Waals surface area contributed by atoms with Crippen LogP contribution in [0.1, 0.15) is 22.4 Å². The third-order valence-corrected chi connectivity index (χ3v) is 4.65. The van der Waals surface area contributed by atoms with E-state index in [9.17, 15) is 14.4 Å². The van der Waals surface area contributed by atoms with Gasteiger partial charge in [0.15, 0.2) is 6.61 Å². The second-order valence-corrected chi connectivity index (χ2v) is 7.45. The van der Waals surface area contributed by atoms with E-state index in [1.807, 2.05) is 63.2 Å². The molecule has 0 aliphatic carbocycles. The zero-order valence-corrected chi connectivity index (χ0v) is 18.2. The standard InChI is InChI=1S/C24H25N3O5/c1-15-9-16(2)23(17(3)10-15)27-20(28)12-25-21(29)14-31-22(30)11-19-13-32-24(26-19)18-7-5-4-6-8-18/h4-10,13H,11-12,14H2,1-3H3,(H,25,29)(H,27,28). The van der Waals surface area contributed by atoms with E-state index in [1.165, 1.54) is 6.26 Å². The Balaban J connectivity index is 1.41. The van der Waals surface area contributed by atoms with E-state index in [1.54, 1.807) is 0 Å². The summed E-state index contributed by atoms with van der Waals surface area (Å²) in [5.41, 5.74) is 4.91. The van der Waals surface area contributed by atoms with Gasteiger partial charge in [-0.3, -0.25) is 14.4 Å². The van der Waals surface area contributed by atoms with E-state index < -0.39 is 18.5 Å². The van der Waals surface area contributed by atoms with E-state index in [4.69, 9.17) is 9.15 Å². The van der Waals surface area contributed by atoms with E-state index in [0.717, 1.165) is 27.9 Å². The van der Waals surface area contributed by atoms with Gasteiger partial charge in [-0.2, -0.15) is 0 Å². The van der Waals surface area contributed by atoms with Crippen molar-refractivity contribution >= 4 is 23.5 Å². The highest BCUT2D eigenvalue weighted by Gasteiger charge is 2.14. The van der Waals surface area contributed by atoms with E-state index >= 15 is 0 Å². The molecule has 0 aliphatic rings. The van der Waals surface area contributed by atoms with E-state index in [2.05, 4.69) is 15.6 Å². The van der Waals surface area contributed by atoms with Crippen LogP contribution in [-0.4, -0.2) is 35.9 Å². The Hall–Kier alpha value is -3.94. The van der Waals surface area contributed by atoms with Crippen LogP contribution in [0.4, 0.5) is 5.69 Å². The second kappa shape index (κ2) is 10.4. The van der Waals surface area contributed by atoms with Crippen molar-refractivity contribution in [3.8, 4) is 11.5 Å². The number of oxazole rings is 1. The molecule has 3 rings (SSSR count). The Bertz CT molecular complexity index is 1100. The molecule has 0 radical (unpaired) electrons. The van der Waals surface area contributed by atoms with Gasteiger partial charge < -0.3 is 19.8 Å². The van der Waals surface area contributed by atoms with Crippen LogP contribution in [0, 0.1) is 20.8 Å². The number of rotatable bonds is 8. The van der Waals surface area contributed by atoms with Crippen molar-refractivity contribution < 1.29 is 23.5 Å². The van der Waals surface area contributed by atoms with Crippen molar-refractivity contribution in [3.05, 3.63) is 71.1 Å². The normalized spacial score (nSPS) is 10.5. The number of amides is 2. The number of anilines is 1. The first kappa shape index (κ1) is 22.7. The van der Waals surface area contributed by atoms with Gasteiger partial charge in [0.25, 0.3) is 5.91 Å². The fourth-order valence-electron chi connectivity index (χ4n) is 3.24. The molecule has 0 aliphatic heterocycles. The molecule has 2 aromatic carbocycles. The average Bonchev–Trinajstić information content (AvgIpc) is 3.22. The lowest BCUT2D eigenvalue weighted by atomic mass is 10.1. The number of hydrogen-bond donors (Lipinski definition) is 2. The second-order valence-electron chi connectivity index (χ2n) is 7.45. The SMILES string of the molecule is Cc1cc(C)c(NC(=O)CNC(=O)COC(=O)Cc2coc(-c3ccccc3)n2)c(C)c1. The molecule has 0 spiro atoms. The van der Waals surface area contributed by atoms with Crippen LogP contribution in [0.25, 0.3) is 11.5 Å². The molecule has 8 nitrogen and oxygen atoms in total. The van der Waals surface area contributed by atoms with Gasteiger partial charge in [0.2, 0.25) is 11.8 Å². The van der Waals surface area contributed by atoms with Crippen molar-refractivity contribution in [2.45, 2.75) is 27.2 Å². The lowest BCUT2D eigenvalue weighted by Crippen LogP contribution is -2.36. The van der Waals surface area contributed by atoms with Gasteiger partial charge in [-0.1, -0.05) is 35.9 Å². The highest BCUT2D eigenvalue weighted by atomic mass is 16.5. The van der Waals surface area contributed by atoms with Crippen LogP contribution < -0.4 is 10.6 Å². The Kier molecular flexibility index (Phi) is 7.38. The van der Waals surface area contributed by atoms with Crippen molar-refractivity contribution in [3.63, 3.8) is 0 Å². The maximum atomic E-state index is 12.2. The zero-order chi connectivity index (χ0) is 23.1. The largest absolute Gasteiger partial charge is 0.455 e. The minimum atomic E-state index is -0.622. The van der Waals surface area contributed by atoms with Gasteiger partial charge in [-0.25, -0.2) is 4.98 Å². The number of esters is 1. The summed E-state index contributed by atoms with van der Waals surface area (Å²) in [6, 6.07) is 13.2. The van der Waals surface area contributed by atoms with Crippen LogP contribution in [-0.2, 0) is 25.5 Å². The summed E-state index contributed by atoms with van der Waals surface area (Å²) in [4.78, 5) is 40.3. The molecule has 2 N–H and O–H groups in total. The molecule has 0 saturated heterocycles. The molecule has 1 aromatic heterocycles. The topological polar surface area (TPSA) is 111 Å². The molecule has 0 atom stereocenters. The van der Waals surface area contributed by atoms with Crippen molar-refractivity contribution in [1.82, 2.24) is 10.3 Å². The smallest absolute Gasteiger partial charge is 0.312 e. The molecule has 8 heteroatoms. The fourth-order valence-corrected chi connectivity index (χ4v) is 3.24. The first-order chi connectivity index (χ1) is 15.3. The quantitative estimate of drug-likeness (QED) is 0.526. The first-order valence-corrected chi connectivity index (χ1v) is 10.1. The first-order valence-electron chi connectivity index (χ1n) is 10.1. The number of nitrogens with one attached hydrogen (secondary N) is 2. The van der Waals surface area contributed by atoms with Gasteiger partial charge in [-0.15, -0.1) is 0 Å². The minimum absolute atomic E-state index is 0.129. The third-order valence-electron chi connectivity index (χ3n) is 4.65. The van der Waals surface area contributed by atoms with Crippen molar-refractivity contribution in [2.75, 3.05) is 18.5 Å². The molecule has 0 saturated carbocycles. The zero-order valence-electron chi connectivity index (χ0n) is 18.2. The third kappa shape index (κ3) is 6.28. The van der Waals surface area contributed by atoms with Crippen molar-refractivity contribution in [2.24, 2.45) is 0 Å². The van der Waals surface area contributed by atoms with Crippen LogP contribution in [0.15, 0.2) is 53.1 Å². The number of aryl methyl sites for hydroxylation is 3. The molecule has 32 heavy (non-hydrogen) atoms.